The van der Waals surface area contributed by atoms with Crippen LogP contribution in [0.2, 0.25) is 20.1 Å². The van der Waals surface area contributed by atoms with Gasteiger partial charge in [-0.05, 0) is 298 Å². The van der Waals surface area contributed by atoms with Gasteiger partial charge in [0.1, 0.15) is 53.8 Å². The predicted octanol–water partition coefficient (Wildman–Crippen LogP) is 22.9. The summed E-state index contributed by atoms with van der Waals surface area (Å²) in [5.41, 5.74) is 16.8. The lowest BCUT2D eigenvalue weighted by molar-refractivity contribution is -0.130. The highest BCUT2D eigenvalue weighted by atomic mass is 35.5. The summed E-state index contributed by atoms with van der Waals surface area (Å²) in [6.45, 7) is 31.2. The standard InChI is InChI=1S/C31H35ClN4O4.C28H32ClN3O3.C28H34ClN3O3.C28H32ClN3O3/c1-3-4-19-40-31(38)36-14-12-26-27-21-24(32)8-11-28(27)33-29(26)30(36)23-6-9-25(10-7-23)39-20-5-13-34-15-17-35(18-16-34)22(2)37;1-18(2)35-28(33)32-14-12-23-24-15-21(29)8-11-25(24)30-26(23)27(32)20-6-9-22(10-7-20)34-17-19-5-4-13-31(3)16-19;2*1-3-15-34-28(33)32-14-12-23-24-16-21(29)8-11-25(24)30-26(23)27(32)20-6-9-22(10-7-20)35-18-19-5-4-13-31(2)17-19/h6-11,21,30,33H,5,12-20H2,1-2H3;6-11,15,19,27,30H,1,4-5,12-14,16-17H2,2-3H3;6-11,16,19,27,30H,3-5,12-15,17-18H2,1-2H3;3,6-11,16,19,27,30H,1,4-5,12-15,17-18H2,2H3. The third-order valence-corrected chi connectivity index (χ3v) is 29.8. The number of H-pyrrole nitrogens is 4. The summed E-state index contributed by atoms with van der Waals surface area (Å²) in [7, 11) is 6.51. The molecule has 0 saturated carbocycles. The minimum Gasteiger partial charge on any atom is -0.494 e. The SMILES string of the molecule is C=C(C)OC(=O)N1CCc2c([nH]c3ccc(Cl)cc23)C1c1ccc(OCC2CCCN(C)C2)cc1.C=CCOC(=O)N1CCc2c([nH]c3ccc(Cl)cc23)C1c1ccc(OCC2CCCN(C)C2)cc1.CC#CCOC(=O)N1CCc2c([nH]c3ccc(Cl)cc23)C1c1ccc(OCCCN2CCN(C(C)=O)CC2)cc1.CCCOC(=O)N1CCc2c([nH]c3ccc(Cl)cc23)C1c1ccc(OCC2CCCN(C)C2)cc1. The number of aromatic nitrogens is 4. The molecule has 30 heteroatoms. The number of halogens is 4. The molecule has 26 nitrogen and oxygen atoms in total. The van der Waals surface area contributed by atoms with E-state index in [2.05, 4.69) is 97.8 Å². The molecule has 12 aromatic rings. The number of piperazine rings is 1. The van der Waals surface area contributed by atoms with Crippen LogP contribution in [0, 0.1) is 29.6 Å². The second-order valence-corrected chi connectivity index (χ2v) is 41.1. The molecule has 20 rings (SSSR count). The van der Waals surface area contributed by atoms with Gasteiger partial charge >= 0.3 is 24.4 Å². The van der Waals surface area contributed by atoms with Crippen molar-refractivity contribution < 1.29 is 61.9 Å². The zero-order valence-electron chi connectivity index (χ0n) is 84.1. The highest BCUT2D eigenvalue weighted by Crippen LogP contribution is 2.46. The zero-order chi connectivity index (χ0) is 101. The first-order valence-corrected chi connectivity index (χ1v) is 52.5. The normalized spacial score (nSPS) is 19.6. The molecule has 8 aliphatic heterocycles. The van der Waals surface area contributed by atoms with Gasteiger partial charge in [-0.3, -0.25) is 29.3 Å². The van der Waals surface area contributed by atoms with Gasteiger partial charge in [0.25, 0.3) is 0 Å². The predicted molar refractivity (Wildman–Crippen MR) is 573 cm³/mol. The maximum absolute atomic E-state index is 13.1. The Bertz CT molecular complexity index is 6610. The van der Waals surface area contributed by atoms with Crippen molar-refractivity contribution in [3.8, 4) is 34.8 Å². The maximum Gasteiger partial charge on any atom is 0.415 e. The smallest absolute Gasteiger partial charge is 0.415 e. The van der Waals surface area contributed by atoms with Crippen molar-refractivity contribution in [2.24, 2.45) is 17.8 Å². The number of amides is 5. The Balaban J connectivity index is 0.000000133. The number of aromatic amines is 4. The van der Waals surface area contributed by atoms with Gasteiger partial charge in [0.05, 0.1) is 38.8 Å². The molecule has 4 aromatic heterocycles. The Kier molecular flexibility index (Phi) is 35.0. The van der Waals surface area contributed by atoms with Gasteiger partial charge in [-0.1, -0.05) is 127 Å². The largest absolute Gasteiger partial charge is 0.494 e. The van der Waals surface area contributed by atoms with Gasteiger partial charge in [-0.15, -0.1) is 5.92 Å². The number of rotatable bonds is 24. The number of benzene rings is 8. The van der Waals surface area contributed by atoms with Crippen LogP contribution < -0.4 is 18.9 Å². The molecule has 145 heavy (non-hydrogen) atoms. The summed E-state index contributed by atoms with van der Waals surface area (Å²) in [4.78, 5) is 96.4. The lowest BCUT2D eigenvalue weighted by Crippen LogP contribution is -2.48. The molecular weight excluding hydrogens is 1910 g/mol. The number of hydrogen-bond donors (Lipinski definition) is 4. The molecule has 5 amide bonds. The summed E-state index contributed by atoms with van der Waals surface area (Å²) >= 11 is 25.2. The molecule has 12 heterocycles. The van der Waals surface area contributed by atoms with E-state index in [1.807, 2.05) is 174 Å². The number of nitrogens with one attached hydrogen (secondary N) is 4. The van der Waals surface area contributed by atoms with E-state index in [9.17, 15) is 24.0 Å². The van der Waals surface area contributed by atoms with E-state index >= 15 is 0 Å². The second kappa shape index (κ2) is 48.8. The molecule has 4 saturated heterocycles. The molecule has 0 bridgehead atoms. The minimum absolute atomic E-state index is 0.0624. The summed E-state index contributed by atoms with van der Waals surface area (Å²) in [5, 5.41) is 7.21. The summed E-state index contributed by atoms with van der Waals surface area (Å²) < 4.78 is 46.3. The number of carbonyl (C=O) groups excluding carboxylic acids is 5. The van der Waals surface area contributed by atoms with E-state index < -0.39 is 6.09 Å². The highest BCUT2D eigenvalue weighted by Gasteiger charge is 2.42. The first-order chi connectivity index (χ1) is 70.4. The lowest BCUT2D eigenvalue weighted by atomic mass is 9.92. The van der Waals surface area contributed by atoms with Crippen molar-refractivity contribution in [2.75, 3.05) is 166 Å². The van der Waals surface area contributed by atoms with E-state index in [1.165, 1.54) is 80.4 Å². The number of piperidine rings is 3. The topological polar surface area (TPSA) is 252 Å². The zero-order valence-corrected chi connectivity index (χ0v) is 87.1. The van der Waals surface area contributed by atoms with Gasteiger partial charge in [-0.25, -0.2) is 19.2 Å². The third-order valence-electron chi connectivity index (χ3n) is 28.9. The van der Waals surface area contributed by atoms with Crippen molar-refractivity contribution >= 4 is 120 Å². The summed E-state index contributed by atoms with van der Waals surface area (Å²) in [6, 6.07) is 54.6. The lowest BCUT2D eigenvalue weighted by Gasteiger charge is -2.35. The number of nitrogens with zero attached hydrogens (tertiary/aromatic N) is 9. The van der Waals surface area contributed by atoms with Crippen LogP contribution in [-0.2, 0) is 49.4 Å². The molecule has 764 valence electrons. The Hall–Kier alpha value is -12.3. The Morgan fingerprint density at radius 3 is 1.06 bits per heavy atom. The van der Waals surface area contributed by atoms with Gasteiger partial charge in [0, 0.05) is 190 Å². The minimum atomic E-state index is -0.397. The summed E-state index contributed by atoms with van der Waals surface area (Å²) in [5.74, 6) is 11.1. The van der Waals surface area contributed by atoms with Crippen LogP contribution in [-0.4, -0.2) is 260 Å². The number of hydrogen-bond acceptors (Lipinski definition) is 17. The number of ether oxygens (including phenoxy) is 8. The second-order valence-electron chi connectivity index (χ2n) is 39.3. The summed E-state index contributed by atoms with van der Waals surface area (Å²) in [6.07, 6.45) is 12.1. The van der Waals surface area contributed by atoms with Crippen LogP contribution in [0.25, 0.3) is 43.6 Å². The van der Waals surface area contributed by atoms with Crippen LogP contribution in [0.5, 0.6) is 23.0 Å². The molecule has 8 aromatic carbocycles. The van der Waals surface area contributed by atoms with Crippen molar-refractivity contribution in [1.29, 1.82) is 0 Å². The van der Waals surface area contributed by atoms with Gasteiger partial charge in [0.15, 0.2) is 6.61 Å². The van der Waals surface area contributed by atoms with Crippen LogP contribution >= 0.6 is 46.4 Å². The van der Waals surface area contributed by atoms with Gasteiger partial charge in [0.2, 0.25) is 5.91 Å². The maximum atomic E-state index is 13.1. The van der Waals surface area contributed by atoms with Crippen molar-refractivity contribution in [3.63, 3.8) is 0 Å². The first-order valence-electron chi connectivity index (χ1n) is 51.0. The van der Waals surface area contributed by atoms with Gasteiger partial charge in [-0.2, -0.15) is 0 Å². The highest BCUT2D eigenvalue weighted by molar-refractivity contribution is 6.32. The fraction of sp³-hybridized carbons (Fsp3) is 0.417. The Labute approximate surface area is 869 Å². The van der Waals surface area contributed by atoms with E-state index in [-0.39, 0.29) is 61.6 Å². The van der Waals surface area contributed by atoms with Crippen LogP contribution in [0.15, 0.2) is 195 Å². The molecule has 7 atom stereocenters. The van der Waals surface area contributed by atoms with Crippen molar-refractivity contribution in [2.45, 2.75) is 129 Å². The van der Waals surface area contributed by atoms with Crippen LogP contribution in [0.3, 0.4) is 0 Å². The first kappa shape index (κ1) is 104. The average molecular weight is 2050 g/mol. The molecule has 0 spiro atoms. The van der Waals surface area contributed by atoms with Crippen molar-refractivity contribution in [1.82, 2.24) is 64.0 Å². The number of fused-ring (bicyclic) bond motifs is 12. The molecule has 4 N–H and O–H groups in total. The Morgan fingerprint density at radius 1 is 0.414 bits per heavy atom. The third kappa shape index (κ3) is 25.5. The monoisotopic (exact) mass is 2040 g/mol. The quantitative estimate of drug-likeness (QED) is 0.0144. The molecule has 0 radical (unpaired) electrons. The molecular formula is C115H133Cl4N13O13. The van der Waals surface area contributed by atoms with Crippen LogP contribution in [0.1, 0.15) is 171 Å². The van der Waals surface area contributed by atoms with E-state index in [1.54, 1.807) is 41.5 Å². The van der Waals surface area contributed by atoms with E-state index in [0.717, 1.165) is 210 Å². The van der Waals surface area contributed by atoms with Crippen LogP contribution in [0.4, 0.5) is 19.2 Å². The molecule has 7 unspecified atom stereocenters. The fourth-order valence-electron chi connectivity index (χ4n) is 21.8. The van der Waals surface area contributed by atoms with Crippen molar-refractivity contribution in [3.05, 3.63) is 282 Å². The molecule has 4 fully saturated rings. The number of allylic oxidation sites excluding steroid dienone is 1. The Morgan fingerprint density at radius 2 is 0.745 bits per heavy atom. The molecule has 8 aliphatic rings. The van der Waals surface area contributed by atoms with E-state index in [0.29, 0.717) is 95.8 Å². The molecule has 0 aliphatic carbocycles. The average Bonchev–Trinajstić information content (AvgIpc) is 1.62. The number of likely N-dealkylation sites (tertiary alicyclic amines) is 3. The van der Waals surface area contributed by atoms with Gasteiger partial charge < -0.3 is 77.4 Å². The fourth-order valence-corrected chi connectivity index (χ4v) is 22.5. The van der Waals surface area contributed by atoms with E-state index in [4.69, 9.17) is 84.3 Å². The number of carbonyl (C=O) groups is 5.